The monoisotopic (exact) mass is 160 g/mol. The van der Waals surface area contributed by atoms with Gasteiger partial charge >= 0.3 is 7.12 Å². The van der Waals surface area contributed by atoms with E-state index in [0.717, 1.165) is 18.2 Å². The molecule has 0 aromatic rings. The van der Waals surface area contributed by atoms with E-state index >= 15 is 0 Å². The Morgan fingerprint density at radius 3 is 2.55 bits per heavy atom. The Bertz CT molecular complexity index is 215. The normalized spacial score (nSPS) is 30.0. The van der Waals surface area contributed by atoms with Gasteiger partial charge in [0.25, 0.3) is 0 Å². The van der Waals surface area contributed by atoms with Gasteiger partial charge in [-0.3, -0.25) is 0 Å². The second-order valence-electron chi connectivity index (χ2n) is 2.45. The highest BCUT2D eigenvalue weighted by molar-refractivity contribution is 6.46. The fourth-order valence-corrected chi connectivity index (χ4v) is 0.867. The Balaban J connectivity index is 2.78. The van der Waals surface area contributed by atoms with Gasteiger partial charge in [0.2, 0.25) is 0 Å². The van der Waals surface area contributed by atoms with Crippen molar-refractivity contribution in [1.29, 1.82) is 0 Å². The summed E-state index contributed by atoms with van der Waals surface area (Å²) in [6, 6.07) is 0. The Hall–Kier alpha value is -0.675. The van der Waals surface area contributed by atoms with E-state index in [0.29, 0.717) is 0 Å². The Labute approximate surface area is 63.0 Å². The zero-order valence-corrected chi connectivity index (χ0v) is 5.67. The molecule has 1 aliphatic rings. The molecular weight excluding hydrogens is 153 g/mol. The average molecular weight is 160 g/mol. The molecule has 1 unspecified atom stereocenters. The van der Waals surface area contributed by atoms with E-state index in [9.17, 15) is 8.78 Å². The molecule has 0 aromatic heterocycles. The molecule has 60 valence electrons. The second kappa shape index (κ2) is 2.75. The van der Waals surface area contributed by atoms with Gasteiger partial charge in [-0.1, -0.05) is 6.08 Å². The molecule has 5 heteroatoms. The van der Waals surface area contributed by atoms with Crippen molar-refractivity contribution >= 4 is 7.12 Å². The van der Waals surface area contributed by atoms with Gasteiger partial charge in [-0.05, 0) is 12.2 Å². The Morgan fingerprint density at radius 1 is 1.55 bits per heavy atom. The SMILES string of the molecule is OB(O)C1(F)C=CC=C(F)C1. The molecule has 0 aromatic carbocycles. The number of rotatable bonds is 1. The maximum absolute atomic E-state index is 13.1. The van der Waals surface area contributed by atoms with Crippen molar-refractivity contribution in [2.75, 3.05) is 0 Å². The first-order valence-corrected chi connectivity index (χ1v) is 3.13. The van der Waals surface area contributed by atoms with Gasteiger partial charge in [-0.15, -0.1) is 0 Å². The topological polar surface area (TPSA) is 40.5 Å². The first kappa shape index (κ1) is 8.42. The minimum Gasteiger partial charge on any atom is -0.425 e. The molecule has 2 N–H and O–H groups in total. The highest BCUT2D eigenvalue weighted by atomic mass is 19.1. The van der Waals surface area contributed by atoms with Crippen molar-refractivity contribution in [3.63, 3.8) is 0 Å². The van der Waals surface area contributed by atoms with Gasteiger partial charge in [0.15, 0.2) is 5.57 Å². The molecule has 11 heavy (non-hydrogen) atoms. The number of hydrogen-bond donors (Lipinski definition) is 2. The van der Waals surface area contributed by atoms with Crippen LogP contribution in [0.4, 0.5) is 8.78 Å². The Morgan fingerprint density at radius 2 is 2.18 bits per heavy atom. The van der Waals surface area contributed by atoms with Crippen LogP contribution in [0, 0.1) is 0 Å². The third kappa shape index (κ3) is 1.67. The predicted molar refractivity (Wildman–Crippen MR) is 37.0 cm³/mol. The summed E-state index contributed by atoms with van der Waals surface area (Å²) in [5.41, 5.74) is -2.36. The Kier molecular flexibility index (Phi) is 2.11. The van der Waals surface area contributed by atoms with Gasteiger partial charge < -0.3 is 10.0 Å². The minimum atomic E-state index is -2.36. The van der Waals surface area contributed by atoms with E-state index in [1.165, 1.54) is 0 Å². The molecule has 1 atom stereocenters. The van der Waals surface area contributed by atoms with Crippen molar-refractivity contribution < 1.29 is 18.8 Å². The summed E-state index contributed by atoms with van der Waals surface area (Å²) in [6.45, 7) is 0. The van der Waals surface area contributed by atoms with E-state index < -0.39 is 24.9 Å². The van der Waals surface area contributed by atoms with Crippen LogP contribution < -0.4 is 0 Å². The average Bonchev–Trinajstić information content (AvgIpc) is 1.86. The molecule has 0 bridgehead atoms. The molecule has 1 aliphatic carbocycles. The van der Waals surface area contributed by atoms with Crippen LogP contribution in [-0.2, 0) is 0 Å². The van der Waals surface area contributed by atoms with E-state index in [1.54, 1.807) is 0 Å². The molecule has 0 radical (unpaired) electrons. The fraction of sp³-hybridized carbons (Fsp3) is 0.333. The molecule has 0 aliphatic heterocycles. The number of alkyl halides is 1. The second-order valence-corrected chi connectivity index (χ2v) is 2.45. The number of allylic oxidation sites excluding steroid dienone is 4. The van der Waals surface area contributed by atoms with Crippen LogP contribution in [0.1, 0.15) is 6.42 Å². The van der Waals surface area contributed by atoms with E-state index in [4.69, 9.17) is 10.0 Å². The summed E-state index contributed by atoms with van der Waals surface area (Å²) in [5.74, 6) is -0.692. The van der Waals surface area contributed by atoms with Gasteiger partial charge in [-0.2, -0.15) is 0 Å². The van der Waals surface area contributed by atoms with Crippen molar-refractivity contribution in [2.24, 2.45) is 0 Å². The van der Waals surface area contributed by atoms with E-state index in [2.05, 4.69) is 0 Å². The summed E-state index contributed by atoms with van der Waals surface area (Å²) in [6.07, 6.45) is 2.53. The number of hydrogen-bond acceptors (Lipinski definition) is 2. The van der Waals surface area contributed by atoms with Crippen LogP contribution in [-0.4, -0.2) is 22.7 Å². The lowest BCUT2D eigenvalue weighted by Crippen LogP contribution is -2.41. The highest BCUT2D eigenvalue weighted by Crippen LogP contribution is 2.28. The maximum atomic E-state index is 13.1. The first-order valence-electron chi connectivity index (χ1n) is 3.13. The lowest BCUT2D eigenvalue weighted by Gasteiger charge is -2.21. The lowest BCUT2D eigenvalue weighted by molar-refractivity contribution is 0.231. The largest absolute Gasteiger partial charge is 0.496 e. The van der Waals surface area contributed by atoms with Crippen LogP contribution in [0.25, 0.3) is 0 Å². The maximum Gasteiger partial charge on any atom is 0.496 e. The minimum absolute atomic E-state index is 0.610. The number of halogens is 2. The third-order valence-corrected chi connectivity index (χ3v) is 1.52. The quantitative estimate of drug-likeness (QED) is 0.549. The smallest absolute Gasteiger partial charge is 0.425 e. The third-order valence-electron chi connectivity index (χ3n) is 1.52. The molecule has 2 nitrogen and oxygen atoms in total. The van der Waals surface area contributed by atoms with Gasteiger partial charge in [0.1, 0.15) is 5.83 Å². The summed E-state index contributed by atoms with van der Waals surface area (Å²) in [7, 11) is -2.17. The molecule has 0 amide bonds. The van der Waals surface area contributed by atoms with Crippen molar-refractivity contribution in [3.8, 4) is 0 Å². The fourth-order valence-electron chi connectivity index (χ4n) is 0.867. The van der Waals surface area contributed by atoms with Crippen LogP contribution >= 0.6 is 0 Å². The molecule has 1 rings (SSSR count). The molecule has 0 heterocycles. The molecule has 0 saturated heterocycles. The van der Waals surface area contributed by atoms with Crippen molar-refractivity contribution in [2.45, 2.75) is 12.0 Å². The summed E-state index contributed by atoms with van der Waals surface area (Å²) < 4.78 is 25.5. The summed E-state index contributed by atoms with van der Waals surface area (Å²) >= 11 is 0. The lowest BCUT2D eigenvalue weighted by atomic mass is 9.66. The van der Waals surface area contributed by atoms with Crippen LogP contribution in [0.2, 0.25) is 0 Å². The summed E-state index contributed by atoms with van der Waals surface area (Å²) in [5, 5.41) is 17.0. The zero-order chi connectivity index (χ0) is 8.48. The standard InChI is InChI=1S/C6H7BF2O2/c8-5-2-1-3-6(9,4-5)7(10)11/h1-3,10-11H,4H2. The molecule has 0 saturated carbocycles. The molecule has 0 spiro atoms. The zero-order valence-electron chi connectivity index (χ0n) is 5.67. The van der Waals surface area contributed by atoms with E-state index in [1.807, 2.05) is 0 Å². The van der Waals surface area contributed by atoms with Gasteiger partial charge in [0.05, 0.1) is 0 Å². The highest BCUT2D eigenvalue weighted by Gasteiger charge is 2.42. The van der Waals surface area contributed by atoms with Gasteiger partial charge in [-0.25, -0.2) is 8.78 Å². The summed E-state index contributed by atoms with van der Waals surface area (Å²) in [4.78, 5) is 0. The van der Waals surface area contributed by atoms with Crippen molar-refractivity contribution in [3.05, 3.63) is 24.1 Å². The van der Waals surface area contributed by atoms with Crippen molar-refractivity contribution in [1.82, 2.24) is 0 Å². The molecular formula is C6H7BF2O2. The van der Waals surface area contributed by atoms with Crippen LogP contribution in [0.3, 0.4) is 0 Å². The van der Waals surface area contributed by atoms with Crippen LogP contribution in [0.5, 0.6) is 0 Å². The molecule has 0 fully saturated rings. The predicted octanol–water partition coefficient (Wildman–Crippen LogP) is 0.520. The van der Waals surface area contributed by atoms with Crippen LogP contribution in [0.15, 0.2) is 24.1 Å². The van der Waals surface area contributed by atoms with E-state index in [-0.39, 0.29) is 0 Å². The van der Waals surface area contributed by atoms with Gasteiger partial charge in [0, 0.05) is 6.42 Å². The first-order chi connectivity index (χ1) is 5.04.